The molecule has 0 aliphatic rings. The number of ether oxygens (including phenoxy) is 1. The van der Waals surface area contributed by atoms with Gasteiger partial charge in [-0.1, -0.05) is 29.8 Å². The molecule has 26 heavy (non-hydrogen) atoms. The monoisotopic (exact) mass is 397 g/mol. The van der Waals surface area contributed by atoms with Gasteiger partial charge in [-0.3, -0.25) is 20.4 Å². The van der Waals surface area contributed by atoms with Crippen molar-refractivity contribution >= 4 is 33.4 Å². The third-order valence-electron chi connectivity index (χ3n) is 3.16. The fourth-order valence-corrected chi connectivity index (χ4v) is 2.97. The Morgan fingerprint density at radius 2 is 1.77 bits per heavy atom. The van der Waals surface area contributed by atoms with Gasteiger partial charge < -0.3 is 4.74 Å². The quantitative estimate of drug-likeness (QED) is 0.631. The number of para-hydroxylation sites is 1. The molecular weight excluding hydrogens is 382 g/mol. The molecule has 0 heterocycles. The predicted molar refractivity (Wildman–Crippen MR) is 95.0 cm³/mol. The molecule has 0 atom stereocenters. The van der Waals surface area contributed by atoms with Crippen LogP contribution in [0.15, 0.2) is 53.4 Å². The fourth-order valence-electron chi connectivity index (χ4n) is 1.90. The smallest absolute Gasteiger partial charge is 0.269 e. The molecule has 4 N–H and O–H groups in total. The fraction of sp³-hybridized carbons (Fsp3) is 0.125. The molecule has 0 saturated carbocycles. The molecule has 2 amide bonds. The van der Waals surface area contributed by atoms with E-state index in [1.807, 2.05) is 6.07 Å². The molecule has 0 aliphatic heterocycles. The van der Waals surface area contributed by atoms with Crippen LogP contribution in [-0.4, -0.2) is 26.8 Å². The summed E-state index contributed by atoms with van der Waals surface area (Å²) in [6.07, 6.45) is 0.0121. The van der Waals surface area contributed by atoms with Crippen LogP contribution in [0, 0.1) is 0 Å². The molecule has 0 saturated heterocycles. The average Bonchev–Trinajstić information content (AvgIpc) is 2.60. The number of carbonyl (C=O) groups is 2. The SMILES string of the molecule is NS(=O)(=O)c1cc(C(=O)NNC(=O)CCOc2ccccc2)ccc1Cl. The van der Waals surface area contributed by atoms with Gasteiger partial charge in [0, 0.05) is 5.56 Å². The minimum absolute atomic E-state index is 0.0121. The Labute approximate surface area is 155 Å². The highest BCUT2D eigenvalue weighted by atomic mass is 35.5. The van der Waals surface area contributed by atoms with Crippen molar-refractivity contribution < 1.29 is 22.7 Å². The second kappa shape index (κ2) is 8.65. The molecule has 0 bridgehead atoms. The molecule has 0 aliphatic carbocycles. The van der Waals surface area contributed by atoms with Gasteiger partial charge in [0.2, 0.25) is 15.9 Å². The molecule has 2 aromatic rings. The molecule has 0 aromatic heterocycles. The maximum Gasteiger partial charge on any atom is 0.269 e. The van der Waals surface area contributed by atoms with Crippen molar-refractivity contribution in [3.05, 3.63) is 59.1 Å². The molecule has 0 fully saturated rings. The zero-order valence-electron chi connectivity index (χ0n) is 13.4. The third kappa shape index (κ3) is 5.73. The summed E-state index contributed by atoms with van der Waals surface area (Å²) in [5.41, 5.74) is 4.35. The first-order chi connectivity index (χ1) is 12.3. The van der Waals surface area contributed by atoms with E-state index >= 15 is 0 Å². The normalized spacial score (nSPS) is 10.8. The molecule has 10 heteroatoms. The number of hydrogen-bond acceptors (Lipinski definition) is 5. The summed E-state index contributed by atoms with van der Waals surface area (Å²) < 4.78 is 28.2. The van der Waals surface area contributed by atoms with Crippen LogP contribution in [0.25, 0.3) is 0 Å². The van der Waals surface area contributed by atoms with Crippen LogP contribution in [-0.2, 0) is 14.8 Å². The number of hydrogen-bond donors (Lipinski definition) is 3. The number of nitrogens with two attached hydrogens (primary N) is 1. The minimum atomic E-state index is -4.07. The summed E-state index contributed by atoms with van der Waals surface area (Å²) in [6.45, 7) is 0.127. The summed E-state index contributed by atoms with van der Waals surface area (Å²) in [6, 6.07) is 12.5. The number of nitrogens with one attached hydrogen (secondary N) is 2. The van der Waals surface area contributed by atoms with E-state index in [1.54, 1.807) is 24.3 Å². The predicted octanol–water partition coefficient (Wildman–Crippen LogP) is 1.22. The van der Waals surface area contributed by atoms with E-state index in [1.165, 1.54) is 12.1 Å². The van der Waals surface area contributed by atoms with Gasteiger partial charge in [0.05, 0.1) is 18.1 Å². The van der Waals surface area contributed by atoms with Crippen molar-refractivity contribution in [1.82, 2.24) is 10.9 Å². The number of hydrazine groups is 1. The summed E-state index contributed by atoms with van der Waals surface area (Å²) in [7, 11) is -4.07. The molecule has 8 nitrogen and oxygen atoms in total. The van der Waals surface area contributed by atoms with Crippen molar-refractivity contribution in [3.63, 3.8) is 0 Å². The van der Waals surface area contributed by atoms with Gasteiger partial charge in [0.25, 0.3) is 5.91 Å². The molecular formula is C16H16ClN3O5S. The van der Waals surface area contributed by atoms with Gasteiger partial charge in [-0.25, -0.2) is 13.6 Å². The highest BCUT2D eigenvalue weighted by Gasteiger charge is 2.16. The van der Waals surface area contributed by atoms with Crippen LogP contribution in [0.2, 0.25) is 5.02 Å². The van der Waals surface area contributed by atoms with Crippen LogP contribution in [0.1, 0.15) is 16.8 Å². The Balaban J connectivity index is 1.85. The Kier molecular flexibility index (Phi) is 6.56. The lowest BCUT2D eigenvalue weighted by Gasteiger charge is -2.09. The Morgan fingerprint density at radius 3 is 2.42 bits per heavy atom. The number of rotatable bonds is 6. The van der Waals surface area contributed by atoms with E-state index in [2.05, 4.69) is 10.9 Å². The molecule has 2 aromatic carbocycles. The van der Waals surface area contributed by atoms with Gasteiger partial charge in [-0.2, -0.15) is 0 Å². The maximum absolute atomic E-state index is 12.0. The van der Waals surface area contributed by atoms with Crippen LogP contribution in [0.3, 0.4) is 0 Å². The summed E-state index contributed by atoms with van der Waals surface area (Å²) >= 11 is 5.75. The molecule has 0 spiro atoms. The van der Waals surface area contributed by atoms with Crippen molar-refractivity contribution in [1.29, 1.82) is 0 Å². The zero-order valence-corrected chi connectivity index (χ0v) is 15.0. The first-order valence-electron chi connectivity index (χ1n) is 7.37. The lowest BCUT2D eigenvalue weighted by molar-refractivity contribution is -0.122. The number of amides is 2. The van der Waals surface area contributed by atoms with Gasteiger partial charge in [-0.15, -0.1) is 0 Å². The first kappa shape index (κ1) is 19.7. The zero-order chi connectivity index (χ0) is 19.2. The maximum atomic E-state index is 12.0. The van der Waals surface area contributed by atoms with Gasteiger partial charge in [0.15, 0.2) is 0 Å². The van der Waals surface area contributed by atoms with E-state index in [9.17, 15) is 18.0 Å². The molecule has 0 unspecified atom stereocenters. The second-order valence-electron chi connectivity index (χ2n) is 5.10. The van der Waals surface area contributed by atoms with Crippen LogP contribution < -0.4 is 20.7 Å². The van der Waals surface area contributed by atoms with Gasteiger partial charge in [-0.05, 0) is 30.3 Å². The van der Waals surface area contributed by atoms with Gasteiger partial charge >= 0.3 is 0 Å². The Morgan fingerprint density at radius 1 is 1.08 bits per heavy atom. The number of primary sulfonamides is 1. The van der Waals surface area contributed by atoms with E-state index in [-0.39, 0.29) is 28.5 Å². The second-order valence-corrected chi connectivity index (χ2v) is 7.04. The lowest BCUT2D eigenvalue weighted by atomic mass is 10.2. The summed E-state index contributed by atoms with van der Waals surface area (Å²) in [5, 5.41) is 4.92. The van der Waals surface area contributed by atoms with Crippen LogP contribution in [0.4, 0.5) is 0 Å². The van der Waals surface area contributed by atoms with Crippen molar-refractivity contribution in [2.24, 2.45) is 5.14 Å². The molecule has 138 valence electrons. The molecule has 0 radical (unpaired) electrons. The van der Waals surface area contributed by atoms with Crippen molar-refractivity contribution in [3.8, 4) is 5.75 Å². The number of benzene rings is 2. The standard InChI is InChI=1S/C16H16ClN3O5S/c17-13-7-6-11(10-14(13)26(18,23)24)16(22)20-19-15(21)8-9-25-12-4-2-1-3-5-12/h1-7,10H,8-9H2,(H,19,21)(H,20,22)(H2,18,23,24). The Bertz CT molecular complexity index is 903. The van der Waals surface area contributed by atoms with Crippen molar-refractivity contribution in [2.45, 2.75) is 11.3 Å². The first-order valence-corrected chi connectivity index (χ1v) is 9.29. The minimum Gasteiger partial charge on any atom is -0.493 e. The lowest BCUT2D eigenvalue weighted by Crippen LogP contribution is -2.42. The Hall–Kier alpha value is -2.62. The van der Waals surface area contributed by atoms with E-state index in [0.717, 1.165) is 6.07 Å². The molecule has 2 rings (SSSR count). The van der Waals surface area contributed by atoms with E-state index in [4.69, 9.17) is 21.5 Å². The topological polar surface area (TPSA) is 128 Å². The average molecular weight is 398 g/mol. The van der Waals surface area contributed by atoms with E-state index < -0.39 is 21.8 Å². The summed E-state index contributed by atoms with van der Waals surface area (Å²) in [5.74, 6) is -0.570. The highest BCUT2D eigenvalue weighted by molar-refractivity contribution is 7.89. The van der Waals surface area contributed by atoms with Gasteiger partial charge in [0.1, 0.15) is 10.6 Å². The number of carbonyl (C=O) groups excluding carboxylic acids is 2. The van der Waals surface area contributed by atoms with Crippen molar-refractivity contribution in [2.75, 3.05) is 6.61 Å². The number of sulfonamides is 1. The third-order valence-corrected chi connectivity index (χ3v) is 4.55. The van der Waals surface area contributed by atoms with Crippen LogP contribution in [0.5, 0.6) is 5.75 Å². The largest absolute Gasteiger partial charge is 0.493 e. The van der Waals surface area contributed by atoms with E-state index in [0.29, 0.717) is 5.75 Å². The number of halogens is 1. The highest BCUT2D eigenvalue weighted by Crippen LogP contribution is 2.21. The van der Waals surface area contributed by atoms with Crippen LogP contribution >= 0.6 is 11.6 Å². The summed E-state index contributed by atoms with van der Waals surface area (Å²) in [4.78, 5) is 23.3.